The second-order valence-electron chi connectivity index (χ2n) is 8.69. The van der Waals surface area contributed by atoms with E-state index in [2.05, 4.69) is 5.32 Å². The van der Waals surface area contributed by atoms with Gasteiger partial charge in [-0.3, -0.25) is 18.7 Å². The first-order valence-electron chi connectivity index (χ1n) is 11.7. The minimum absolute atomic E-state index is 0.0575. The first-order chi connectivity index (χ1) is 16.4. The monoisotopic (exact) mass is 501 g/mol. The van der Waals surface area contributed by atoms with Crippen LogP contribution >= 0.6 is 0 Å². The smallest absolute Gasteiger partial charge is 0.244 e. The van der Waals surface area contributed by atoms with Crippen LogP contribution < -0.4 is 9.62 Å². The summed E-state index contributed by atoms with van der Waals surface area (Å²) in [4.78, 5) is 39.6. The van der Waals surface area contributed by atoms with E-state index in [1.807, 2.05) is 44.2 Å². The maximum absolute atomic E-state index is 13.5. The standard InChI is InChI=1S/C26H35N3O5S/c1-6-19(2)27-26(32)20(3)28(16-15-22-11-8-7-9-12-22)25(31)18-29(35(5,33)34)24-14-10-13-23(17-24)21(4)30/h7-14,17,19-20H,6,15-16,18H2,1-5H3,(H,27,32)/t19-,20-/m0/s1. The van der Waals surface area contributed by atoms with E-state index < -0.39 is 28.5 Å². The van der Waals surface area contributed by atoms with Crippen molar-refractivity contribution in [1.29, 1.82) is 0 Å². The van der Waals surface area contributed by atoms with Crippen molar-refractivity contribution < 1.29 is 22.8 Å². The van der Waals surface area contributed by atoms with E-state index >= 15 is 0 Å². The highest BCUT2D eigenvalue weighted by molar-refractivity contribution is 7.92. The molecule has 1 N–H and O–H groups in total. The molecule has 2 amide bonds. The summed E-state index contributed by atoms with van der Waals surface area (Å²) in [6, 6.07) is 14.8. The van der Waals surface area contributed by atoms with Gasteiger partial charge < -0.3 is 10.2 Å². The molecule has 0 bridgehead atoms. The van der Waals surface area contributed by atoms with Gasteiger partial charge in [-0.15, -0.1) is 0 Å². The average Bonchev–Trinajstić information content (AvgIpc) is 2.82. The van der Waals surface area contributed by atoms with Crippen molar-refractivity contribution in [3.05, 3.63) is 65.7 Å². The number of benzene rings is 2. The molecule has 0 aliphatic heterocycles. The van der Waals surface area contributed by atoms with Gasteiger partial charge in [-0.25, -0.2) is 8.42 Å². The molecular formula is C26H35N3O5S. The summed E-state index contributed by atoms with van der Waals surface area (Å²) in [7, 11) is -3.85. The highest BCUT2D eigenvalue weighted by Crippen LogP contribution is 2.20. The number of sulfonamides is 1. The molecule has 2 rings (SSSR count). The molecule has 0 fully saturated rings. The third kappa shape index (κ3) is 8.20. The summed E-state index contributed by atoms with van der Waals surface area (Å²) in [5, 5.41) is 2.90. The van der Waals surface area contributed by atoms with Crippen molar-refractivity contribution in [1.82, 2.24) is 10.2 Å². The molecule has 0 radical (unpaired) electrons. The fourth-order valence-electron chi connectivity index (χ4n) is 3.53. The predicted octanol–water partition coefficient (Wildman–Crippen LogP) is 3.03. The van der Waals surface area contributed by atoms with Crippen LogP contribution in [0.5, 0.6) is 0 Å². The van der Waals surface area contributed by atoms with Crippen molar-refractivity contribution in [3.63, 3.8) is 0 Å². The molecule has 0 spiro atoms. The molecule has 190 valence electrons. The molecule has 0 saturated carbocycles. The first-order valence-corrected chi connectivity index (χ1v) is 13.5. The minimum atomic E-state index is -3.85. The molecule has 2 atom stereocenters. The summed E-state index contributed by atoms with van der Waals surface area (Å²) < 4.78 is 26.2. The SMILES string of the molecule is CC[C@H](C)NC(=O)[C@H](C)N(CCc1ccccc1)C(=O)CN(c1cccc(C(C)=O)c1)S(C)(=O)=O. The van der Waals surface area contributed by atoms with Crippen LogP contribution in [0.15, 0.2) is 54.6 Å². The van der Waals surface area contributed by atoms with Crippen molar-refractivity contribution >= 4 is 33.3 Å². The van der Waals surface area contributed by atoms with Gasteiger partial charge in [-0.05, 0) is 51.3 Å². The van der Waals surface area contributed by atoms with E-state index in [-0.39, 0.29) is 30.0 Å². The molecule has 0 aliphatic carbocycles. The summed E-state index contributed by atoms with van der Waals surface area (Å²) in [5.74, 6) is -1.02. The third-order valence-electron chi connectivity index (χ3n) is 5.87. The average molecular weight is 502 g/mol. The molecule has 0 unspecified atom stereocenters. The maximum Gasteiger partial charge on any atom is 0.244 e. The summed E-state index contributed by atoms with van der Waals surface area (Å²) in [5.41, 5.74) is 1.55. The van der Waals surface area contributed by atoms with E-state index in [1.165, 1.54) is 24.0 Å². The highest BCUT2D eigenvalue weighted by Gasteiger charge is 2.30. The molecule has 2 aromatic carbocycles. The van der Waals surface area contributed by atoms with Crippen molar-refractivity contribution in [3.8, 4) is 0 Å². The Morgan fingerprint density at radius 3 is 2.23 bits per heavy atom. The molecule has 0 aliphatic rings. The largest absolute Gasteiger partial charge is 0.352 e. The van der Waals surface area contributed by atoms with E-state index in [4.69, 9.17) is 0 Å². The number of nitrogens with zero attached hydrogens (tertiary/aromatic N) is 2. The van der Waals surface area contributed by atoms with Gasteiger partial charge in [0.15, 0.2) is 5.78 Å². The number of amides is 2. The topological polar surface area (TPSA) is 104 Å². The van der Waals surface area contributed by atoms with Crippen LogP contribution in [-0.2, 0) is 26.0 Å². The zero-order valence-electron chi connectivity index (χ0n) is 21.0. The Morgan fingerprint density at radius 1 is 1.00 bits per heavy atom. The maximum atomic E-state index is 13.5. The summed E-state index contributed by atoms with van der Waals surface area (Å²) >= 11 is 0. The van der Waals surface area contributed by atoms with Crippen LogP contribution in [0, 0.1) is 0 Å². The Balaban J connectivity index is 2.35. The zero-order valence-corrected chi connectivity index (χ0v) is 21.8. The van der Waals surface area contributed by atoms with E-state index in [1.54, 1.807) is 19.1 Å². The Hall–Kier alpha value is -3.20. The van der Waals surface area contributed by atoms with Crippen molar-refractivity contribution in [2.24, 2.45) is 0 Å². The Bertz CT molecular complexity index is 1130. The van der Waals surface area contributed by atoms with E-state index in [9.17, 15) is 22.8 Å². The van der Waals surface area contributed by atoms with Crippen molar-refractivity contribution in [2.45, 2.75) is 52.6 Å². The number of anilines is 1. The van der Waals surface area contributed by atoms with E-state index in [0.29, 0.717) is 12.0 Å². The lowest BCUT2D eigenvalue weighted by Gasteiger charge is -2.32. The number of carbonyl (C=O) groups excluding carboxylic acids is 3. The first kappa shape index (κ1) is 28.0. The lowest BCUT2D eigenvalue weighted by Crippen LogP contribution is -2.53. The number of rotatable bonds is 12. The Kier molecular flexibility index (Phi) is 10.0. The number of hydrogen-bond donors (Lipinski definition) is 1. The second kappa shape index (κ2) is 12.5. The molecule has 9 heteroatoms. The fraction of sp³-hybridized carbons (Fsp3) is 0.423. The molecule has 2 aromatic rings. The van der Waals surface area contributed by atoms with Crippen LogP contribution in [0.25, 0.3) is 0 Å². The predicted molar refractivity (Wildman–Crippen MR) is 138 cm³/mol. The van der Waals surface area contributed by atoms with Crippen molar-refractivity contribution in [2.75, 3.05) is 23.7 Å². The third-order valence-corrected chi connectivity index (χ3v) is 7.01. The van der Waals surface area contributed by atoms with Gasteiger partial charge in [0.1, 0.15) is 12.6 Å². The van der Waals surface area contributed by atoms with Gasteiger partial charge in [0.2, 0.25) is 21.8 Å². The number of ketones is 1. The number of nitrogens with one attached hydrogen (secondary N) is 1. The molecule has 0 aromatic heterocycles. The lowest BCUT2D eigenvalue weighted by molar-refractivity contribution is -0.139. The zero-order chi connectivity index (χ0) is 26.2. The van der Waals surface area contributed by atoms with Crippen LogP contribution in [0.1, 0.15) is 50.0 Å². The van der Waals surface area contributed by atoms with Gasteiger partial charge in [0.05, 0.1) is 11.9 Å². The number of Topliss-reactive ketones (excluding diaryl/α,β-unsaturated/α-hetero) is 1. The second-order valence-corrected chi connectivity index (χ2v) is 10.6. The van der Waals surface area contributed by atoms with Crippen LogP contribution in [0.4, 0.5) is 5.69 Å². The number of carbonyl (C=O) groups is 3. The Morgan fingerprint density at radius 2 is 1.66 bits per heavy atom. The van der Waals surface area contributed by atoms with Gasteiger partial charge in [-0.1, -0.05) is 49.4 Å². The lowest BCUT2D eigenvalue weighted by atomic mass is 10.1. The van der Waals surface area contributed by atoms with Gasteiger partial charge in [0.25, 0.3) is 0 Å². The summed E-state index contributed by atoms with van der Waals surface area (Å²) in [6.45, 7) is 6.61. The molecule has 0 saturated heterocycles. The molecule has 8 nitrogen and oxygen atoms in total. The minimum Gasteiger partial charge on any atom is -0.352 e. The van der Waals surface area contributed by atoms with Gasteiger partial charge in [-0.2, -0.15) is 0 Å². The normalized spacial score (nSPS) is 12.9. The van der Waals surface area contributed by atoms with E-state index in [0.717, 1.165) is 22.5 Å². The fourth-order valence-corrected chi connectivity index (χ4v) is 4.37. The van der Waals surface area contributed by atoms with Crippen LogP contribution in [-0.4, -0.2) is 62.3 Å². The quantitative estimate of drug-likeness (QED) is 0.450. The molecular weight excluding hydrogens is 466 g/mol. The highest BCUT2D eigenvalue weighted by atomic mass is 32.2. The number of hydrogen-bond acceptors (Lipinski definition) is 5. The van der Waals surface area contributed by atoms with Gasteiger partial charge >= 0.3 is 0 Å². The Labute approximate surface area is 208 Å². The summed E-state index contributed by atoms with van der Waals surface area (Å²) in [6.07, 6.45) is 2.26. The van der Waals surface area contributed by atoms with Crippen LogP contribution in [0.2, 0.25) is 0 Å². The molecule has 0 heterocycles. The van der Waals surface area contributed by atoms with Gasteiger partial charge in [0, 0.05) is 18.2 Å². The van der Waals surface area contributed by atoms with Crippen LogP contribution in [0.3, 0.4) is 0 Å². The molecule has 35 heavy (non-hydrogen) atoms.